The Hall–Kier alpha value is -1.57. The maximum atomic E-state index is 11.5. The lowest BCUT2D eigenvalue weighted by molar-refractivity contribution is -0.162. The summed E-state index contributed by atoms with van der Waals surface area (Å²) in [4.78, 5) is 23.0. The van der Waals surface area contributed by atoms with Gasteiger partial charge in [-0.25, -0.2) is 0 Å². The van der Waals surface area contributed by atoms with Crippen molar-refractivity contribution in [2.24, 2.45) is 10.8 Å². The number of rotatable bonds is 4. The van der Waals surface area contributed by atoms with Crippen LogP contribution >= 0.6 is 0 Å². The molecule has 0 spiro atoms. The molecular weight excluding hydrogens is 222 g/mol. The molecule has 5 heteroatoms. The van der Waals surface area contributed by atoms with Crippen molar-refractivity contribution in [3.63, 3.8) is 0 Å². The average molecular weight is 241 g/mol. The molecule has 0 aliphatic carbocycles. The van der Waals surface area contributed by atoms with Crippen LogP contribution < -0.4 is 0 Å². The summed E-state index contributed by atoms with van der Waals surface area (Å²) in [5, 5.41) is 8.96. The molecule has 0 aromatic carbocycles. The van der Waals surface area contributed by atoms with Crippen molar-refractivity contribution in [2.75, 3.05) is 13.2 Å². The predicted octanol–water partition coefficient (Wildman–Crippen LogP) is 1.67. The van der Waals surface area contributed by atoms with Crippen LogP contribution in [0.15, 0.2) is 0 Å². The first kappa shape index (κ1) is 15.4. The SMILES string of the molecule is CCOC(=O)C(C)(C#N)COC(=O)C(C)(C)C. The number of carbonyl (C=O) groups is 2. The molecule has 0 saturated carbocycles. The second-order valence-corrected chi connectivity index (χ2v) is 4.99. The van der Waals surface area contributed by atoms with E-state index in [4.69, 9.17) is 14.7 Å². The molecule has 0 amide bonds. The van der Waals surface area contributed by atoms with Gasteiger partial charge in [0.2, 0.25) is 0 Å². The van der Waals surface area contributed by atoms with Crippen molar-refractivity contribution < 1.29 is 19.1 Å². The lowest BCUT2D eigenvalue weighted by atomic mass is 9.93. The minimum absolute atomic E-state index is 0.184. The molecule has 0 rings (SSSR count). The summed E-state index contributed by atoms with van der Waals surface area (Å²) in [5.74, 6) is -1.13. The summed E-state index contributed by atoms with van der Waals surface area (Å²) in [6.07, 6.45) is 0. The summed E-state index contributed by atoms with van der Waals surface area (Å²) in [6, 6.07) is 1.82. The van der Waals surface area contributed by atoms with Crippen LogP contribution in [0.3, 0.4) is 0 Å². The smallest absolute Gasteiger partial charge is 0.329 e. The fraction of sp³-hybridized carbons (Fsp3) is 0.750. The molecule has 17 heavy (non-hydrogen) atoms. The van der Waals surface area contributed by atoms with E-state index in [1.165, 1.54) is 6.92 Å². The van der Waals surface area contributed by atoms with Crippen LogP contribution in [-0.2, 0) is 19.1 Å². The topological polar surface area (TPSA) is 76.4 Å². The highest BCUT2D eigenvalue weighted by molar-refractivity contribution is 5.81. The number of carbonyl (C=O) groups excluding carboxylic acids is 2. The number of nitrogens with zero attached hydrogens (tertiary/aromatic N) is 1. The van der Waals surface area contributed by atoms with Gasteiger partial charge in [0.05, 0.1) is 18.1 Å². The van der Waals surface area contributed by atoms with E-state index in [9.17, 15) is 9.59 Å². The van der Waals surface area contributed by atoms with Gasteiger partial charge >= 0.3 is 11.9 Å². The van der Waals surface area contributed by atoms with Crippen LogP contribution in [0.5, 0.6) is 0 Å². The largest absolute Gasteiger partial charge is 0.465 e. The number of nitriles is 1. The Kier molecular flexibility index (Phi) is 5.14. The Morgan fingerprint density at radius 1 is 1.12 bits per heavy atom. The van der Waals surface area contributed by atoms with E-state index in [2.05, 4.69) is 0 Å². The molecule has 1 unspecified atom stereocenters. The first-order chi connectivity index (χ1) is 7.67. The number of hydrogen-bond donors (Lipinski definition) is 0. The van der Waals surface area contributed by atoms with Crippen molar-refractivity contribution in [1.29, 1.82) is 5.26 Å². The van der Waals surface area contributed by atoms with Gasteiger partial charge in [-0.1, -0.05) is 0 Å². The normalized spacial score (nSPS) is 14.4. The molecule has 0 aliphatic rings. The molecule has 0 saturated heterocycles. The summed E-state index contributed by atoms with van der Waals surface area (Å²) < 4.78 is 9.73. The predicted molar refractivity (Wildman–Crippen MR) is 60.8 cm³/mol. The zero-order chi connectivity index (χ0) is 13.7. The van der Waals surface area contributed by atoms with E-state index in [0.717, 1.165) is 0 Å². The Bertz CT molecular complexity index is 337. The van der Waals surface area contributed by atoms with Gasteiger partial charge < -0.3 is 9.47 Å². The highest BCUT2D eigenvalue weighted by atomic mass is 16.6. The molecule has 0 bridgehead atoms. The van der Waals surface area contributed by atoms with Crippen LogP contribution in [-0.4, -0.2) is 25.2 Å². The molecule has 0 aromatic heterocycles. The van der Waals surface area contributed by atoms with Crippen LogP contribution in [0, 0.1) is 22.2 Å². The Morgan fingerprint density at radius 3 is 2.00 bits per heavy atom. The maximum absolute atomic E-state index is 11.5. The van der Waals surface area contributed by atoms with Crippen molar-refractivity contribution in [3.05, 3.63) is 0 Å². The van der Waals surface area contributed by atoms with Gasteiger partial charge in [0.15, 0.2) is 5.41 Å². The maximum Gasteiger partial charge on any atom is 0.329 e. The van der Waals surface area contributed by atoms with E-state index in [1.54, 1.807) is 27.7 Å². The molecular formula is C12H19NO4. The third-order valence-corrected chi connectivity index (χ3v) is 2.08. The van der Waals surface area contributed by atoms with Gasteiger partial charge in [0.1, 0.15) is 6.61 Å². The fourth-order valence-corrected chi connectivity index (χ4v) is 0.854. The van der Waals surface area contributed by atoms with Crippen LogP contribution in [0.2, 0.25) is 0 Å². The lowest BCUT2D eigenvalue weighted by Crippen LogP contribution is -2.36. The zero-order valence-corrected chi connectivity index (χ0v) is 11.0. The summed E-state index contributed by atoms with van der Waals surface area (Å²) in [5.41, 5.74) is -2.11. The number of ether oxygens (including phenoxy) is 2. The molecule has 0 radical (unpaired) electrons. The van der Waals surface area contributed by atoms with Gasteiger partial charge in [-0.15, -0.1) is 0 Å². The van der Waals surface area contributed by atoms with Gasteiger partial charge in [0.25, 0.3) is 0 Å². The van der Waals surface area contributed by atoms with Crippen LogP contribution in [0.25, 0.3) is 0 Å². The first-order valence-corrected chi connectivity index (χ1v) is 5.43. The minimum Gasteiger partial charge on any atom is -0.465 e. The van der Waals surface area contributed by atoms with E-state index < -0.39 is 22.8 Å². The molecule has 5 nitrogen and oxygen atoms in total. The Morgan fingerprint density at radius 2 is 1.65 bits per heavy atom. The number of hydrogen-bond acceptors (Lipinski definition) is 5. The highest BCUT2D eigenvalue weighted by Crippen LogP contribution is 2.21. The van der Waals surface area contributed by atoms with E-state index in [0.29, 0.717) is 0 Å². The molecule has 96 valence electrons. The third-order valence-electron chi connectivity index (χ3n) is 2.08. The quantitative estimate of drug-likeness (QED) is 0.700. The highest BCUT2D eigenvalue weighted by Gasteiger charge is 2.38. The molecule has 0 heterocycles. The van der Waals surface area contributed by atoms with Crippen molar-refractivity contribution in [1.82, 2.24) is 0 Å². The first-order valence-electron chi connectivity index (χ1n) is 5.43. The standard InChI is InChI=1S/C12H19NO4/c1-6-16-10(15)12(5,7-13)8-17-9(14)11(2,3)4/h6,8H2,1-5H3. The fourth-order valence-electron chi connectivity index (χ4n) is 0.854. The minimum atomic E-state index is -1.45. The van der Waals surface area contributed by atoms with E-state index >= 15 is 0 Å². The Labute approximate surface area is 102 Å². The average Bonchev–Trinajstić information content (AvgIpc) is 2.24. The van der Waals surface area contributed by atoms with Crippen molar-refractivity contribution >= 4 is 11.9 Å². The van der Waals surface area contributed by atoms with Crippen molar-refractivity contribution in [3.8, 4) is 6.07 Å². The second-order valence-electron chi connectivity index (χ2n) is 4.99. The molecule has 0 fully saturated rings. The van der Waals surface area contributed by atoms with E-state index in [-0.39, 0.29) is 13.2 Å². The van der Waals surface area contributed by atoms with Gasteiger partial charge in [-0.3, -0.25) is 9.59 Å². The summed E-state index contributed by atoms with van der Waals surface area (Å²) in [7, 11) is 0. The van der Waals surface area contributed by atoms with E-state index in [1.807, 2.05) is 6.07 Å². The summed E-state index contributed by atoms with van der Waals surface area (Å²) in [6.45, 7) is 8.02. The zero-order valence-electron chi connectivity index (χ0n) is 11.0. The van der Waals surface area contributed by atoms with Gasteiger partial charge in [-0.2, -0.15) is 5.26 Å². The van der Waals surface area contributed by atoms with Crippen LogP contribution in [0.1, 0.15) is 34.6 Å². The molecule has 0 aromatic rings. The monoisotopic (exact) mass is 241 g/mol. The summed E-state index contributed by atoms with van der Waals surface area (Å²) >= 11 is 0. The lowest BCUT2D eigenvalue weighted by Gasteiger charge is -2.22. The van der Waals surface area contributed by atoms with Crippen molar-refractivity contribution in [2.45, 2.75) is 34.6 Å². The second kappa shape index (κ2) is 5.67. The Balaban J connectivity index is 4.58. The van der Waals surface area contributed by atoms with Gasteiger partial charge in [0, 0.05) is 0 Å². The third kappa shape index (κ3) is 4.43. The molecule has 1 atom stereocenters. The van der Waals surface area contributed by atoms with Gasteiger partial charge in [-0.05, 0) is 34.6 Å². The molecule has 0 N–H and O–H groups in total. The molecule has 0 aliphatic heterocycles. The number of esters is 2. The van der Waals surface area contributed by atoms with Crippen LogP contribution in [0.4, 0.5) is 0 Å².